The molecular weight excluding hydrogens is 256 g/mol. The average molecular weight is 276 g/mol. The molecule has 19 heavy (non-hydrogen) atoms. The molecule has 0 fully saturated rings. The smallest absolute Gasteiger partial charge is 0.129 e. The molecule has 2 heterocycles. The Labute approximate surface area is 118 Å². The molecule has 0 saturated heterocycles. The molecule has 2 rings (SSSR count). The molecule has 102 valence electrons. The minimum atomic E-state index is -0.461. The molecule has 0 aliphatic carbocycles. The standard InChI is InChI=1S/C15H20N2OS/c1-11(2)17(10-14-5-4-8-19-14)15-9-13(12(3)18)6-7-16-15/h4-9,11-12,18H,10H2,1-3H3/t12-/m1/s1. The van der Waals surface area contributed by atoms with Gasteiger partial charge in [-0.15, -0.1) is 11.3 Å². The molecule has 3 nitrogen and oxygen atoms in total. The Bertz CT molecular complexity index is 509. The van der Waals surface area contributed by atoms with E-state index in [2.05, 4.69) is 41.2 Å². The maximum atomic E-state index is 9.68. The van der Waals surface area contributed by atoms with Crippen LogP contribution >= 0.6 is 11.3 Å². The number of aliphatic hydroxyl groups is 1. The van der Waals surface area contributed by atoms with Gasteiger partial charge < -0.3 is 10.0 Å². The van der Waals surface area contributed by atoms with Crippen LogP contribution in [-0.2, 0) is 6.54 Å². The van der Waals surface area contributed by atoms with E-state index in [0.717, 1.165) is 17.9 Å². The third kappa shape index (κ3) is 3.55. The molecule has 0 spiro atoms. The predicted octanol–water partition coefficient (Wildman–Crippen LogP) is 3.61. The van der Waals surface area contributed by atoms with Gasteiger partial charge in [-0.1, -0.05) is 6.07 Å². The summed E-state index contributed by atoms with van der Waals surface area (Å²) in [6.45, 7) is 6.94. The van der Waals surface area contributed by atoms with E-state index in [1.54, 1.807) is 24.5 Å². The zero-order chi connectivity index (χ0) is 13.8. The van der Waals surface area contributed by atoms with Crippen LogP contribution in [0.15, 0.2) is 35.8 Å². The van der Waals surface area contributed by atoms with Gasteiger partial charge in [0, 0.05) is 17.1 Å². The Hall–Kier alpha value is -1.39. The molecule has 0 aliphatic rings. The van der Waals surface area contributed by atoms with Crippen molar-refractivity contribution in [2.24, 2.45) is 0 Å². The van der Waals surface area contributed by atoms with Crippen LogP contribution in [0.3, 0.4) is 0 Å². The molecule has 1 N–H and O–H groups in total. The first kappa shape index (κ1) is 14.0. The number of hydrogen-bond donors (Lipinski definition) is 1. The third-order valence-electron chi connectivity index (χ3n) is 3.08. The highest BCUT2D eigenvalue weighted by molar-refractivity contribution is 7.09. The minimum absolute atomic E-state index is 0.360. The van der Waals surface area contributed by atoms with Crippen molar-refractivity contribution in [2.45, 2.75) is 39.5 Å². The van der Waals surface area contributed by atoms with Crippen molar-refractivity contribution in [3.05, 3.63) is 46.3 Å². The summed E-state index contributed by atoms with van der Waals surface area (Å²) < 4.78 is 0. The second-order valence-electron chi connectivity index (χ2n) is 4.92. The van der Waals surface area contributed by atoms with Gasteiger partial charge in [-0.3, -0.25) is 0 Å². The fourth-order valence-electron chi connectivity index (χ4n) is 1.95. The summed E-state index contributed by atoms with van der Waals surface area (Å²) in [5.74, 6) is 0.918. The monoisotopic (exact) mass is 276 g/mol. The van der Waals surface area contributed by atoms with E-state index in [0.29, 0.717) is 6.04 Å². The number of nitrogens with zero attached hydrogens (tertiary/aromatic N) is 2. The van der Waals surface area contributed by atoms with Crippen LogP contribution in [0.4, 0.5) is 5.82 Å². The maximum Gasteiger partial charge on any atom is 0.129 e. The van der Waals surface area contributed by atoms with Crippen molar-refractivity contribution in [1.29, 1.82) is 0 Å². The van der Waals surface area contributed by atoms with Gasteiger partial charge in [0.1, 0.15) is 5.82 Å². The first-order valence-corrected chi connectivity index (χ1v) is 7.39. The highest BCUT2D eigenvalue weighted by atomic mass is 32.1. The van der Waals surface area contributed by atoms with Crippen molar-refractivity contribution < 1.29 is 5.11 Å². The third-order valence-corrected chi connectivity index (χ3v) is 3.94. The largest absolute Gasteiger partial charge is 0.389 e. The van der Waals surface area contributed by atoms with E-state index < -0.39 is 6.10 Å². The fraction of sp³-hybridized carbons (Fsp3) is 0.400. The summed E-state index contributed by atoms with van der Waals surface area (Å²) in [5.41, 5.74) is 0.904. The lowest BCUT2D eigenvalue weighted by atomic mass is 10.1. The molecule has 0 unspecified atom stereocenters. The normalized spacial score (nSPS) is 12.7. The SMILES string of the molecule is CC(C)N(Cc1cccs1)c1cc([C@@H](C)O)ccn1. The second kappa shape index (κ2) is 6.17. The number of rotatable bonds is 5. The van der Waals surface area contributed by atoms with Crippen LogP contribution < -0.4 is 4.90 Å². The maximum absolute atomic E-state index is 9.68. The van der Waals surface area contributed by atoms with E-state index in [1.807, 2.05) is 12.1 Å². The summed E-state index contributed by atoms with van der Waals surface area (Å²) in [5, 5.41) is 11.8. The molecule has 0 bridgehead atoms. The molecular formula is C15H20N2OS. The van der Waals surface area contributed by atoms with Crippen LogP contribution in [0, 0.1) is 0 Å². The number of anilines is 1. The molecule has 0 saturated carbocycles. The highest BCUT2D eigenvalue weighted by Gasteiger charge is 2.14. The van der Waals surface area contributed by atoms with Crippen molar-refractivity contribution in [1.82, 2.24) is 4.98 Å². The summed E-state index contributed by atoms with van der Waals surface area (Å²) in [6.07, 6.45) is 1.30. The summed E-state index contributed by atoms with van der Waals surface area (Å²) in [7, 11) is 0. The Morgan fingerprint density at radius 1 is 1.32 bits per heavy atom. The van der Waals surface area contributed by atoms with Crippen molar-refractivity contribution >= 4 is 17.2 Å². The second-order valence-corrected chi connectivity index (χ2v) is 5.96. The van der Waals surface area contributed by atoms with Gasteiger partial charge in [0.25, 0.3) is 0 Å². The van der Waals surface area contributed by atoms with Gasteiger partial charge >= 0.3 is 0 Å². The van der Waals surface area contributed by atoms with Gasteiger partial charge in [-0.25, -0.2) is 4.98 Å². The van der Waals surface area contributed by atoms with Crippen LogP contribution in [0.25, 0.3) is 0 Å². The molecule has 2 aromatic heterocycles. The number of hydrogen-bond acceptors (Lipinski definition) is 4. The van der Waals surface area contributed by atoms with Crippen molar-refractivity contribution in [3.8, 4) is 0 Å². The first-order valence-electron chi connectivity index (χ1n) is 6.51. The fourth-order valence-corrected chi connectivity index (χ4v) is 2.65. The molecule has 0 amide bonds. The number of aromatic nitrogens is 1. The Balaban J connectivity index is 2.26. The summed E-state index contributed by atoms with van der Waals surface area (Å²) >= 11 is 1.75. The number of pyridine rings is 1. The molecule has 4 heteroatoms. The van der Waals surface area contributed by atoms with Gasteiger partial charge in [0.2, 0.25) is 0 Å². The lowest BCUT2D eigenvalue weighted by molar-refractivity contribution is 0.199. The lowest BCUT2D eigenvalue weighted by Gasteiger charge is -2.28. The lowest BCUT2D eigenvalue weighted by Crippen LogP contribution is -2.30. The van der Waals surface area contributed by atoms with Gasteiger partial charge in [0.05, 0.1) is 12.6 Å². The number of aliphatic hydroxyl groups excluding tert-OH is 1. The van der Waals surface area contributed by atoms with Crippen LogP contribution in [0.2, 0.25) is 0 Å². The molecule has 2 aromatic rings. The summed E-state index contributed by atoms with van der Waals surface area (Å²) in [6, 6.07) is 8.39. The minimum Gasteiger partial charge on any atom is -0.389 e. The molecule has 0 aromatic carbocycles. The Morgan fingerprint density at radius 2 is 2.11 bits per heavy atom. The first-order chi connectivity index (χ1) is 9.08. The van der Waals surface area contributed by atoms with Crippen LogP contribution in [-0.4, -0.2) is 16.1 Å². The van der Waals surface area contributed by atoms with Crippen LogP contribution in [0.1, 0.15) is 37.3 Å². The van der Waals surface area contributed by atoms with Gasteiger partial charge in [-0.2, -0.15) is 0 Å². The molecule has 1 atom stereocenters. The van der Waals surface area contributed by atoms with E-state index in [-0.39, 0.29) is 0 Å². The quantitative estimate of drug-likeness (QED) is 0.906. The van der Waals surface area contributed by atoms with E-state index >= 15 is 0 Å². The zero-order valence-corrected chi connectivity index (χ0v) is 12.4. The zero-order valence-electron chi connectivity index (χ0n) is 11.6. The Morgan fingerprint density at radius 3 is 2.68 bits per heavy atom. The van der Waals surface area contributed by atoms with E-state index in [9.17, 15) is 5.11 Å². The molecule has 0 radical (unpaired) electrons. The molecule has 0 aliphatic heterocycles. The Kier molecular flexibility index (Phi) is 4.56. The van der Waals surface area contributed by atoms with E-state index in [4.69, 9.17) is 0 Å². The van der Waals surface area contributed by atoms with Gasteiger partial charge in [-0.05, 0) is 49.9 Å². The predicted molar refractivity (Wildman–Crippen MR) is 80.5 cm³/mol. The summed E-state index contributed by atoms with van der Waals surface area (Å²) in [4.78, 5) is 8.01. The topological polar surface area (TPSA) is 36.4 Å². The van der Waals surface area contributed by atoms with E-state index in [1.165, 1.54) is 4.88 Å². The van der Waals surface area contributed by atoms with Crippen molar-refractivity contribution in [3.63, 3.8) is 0 Å². The van der Waals surface area contributed by atoms with Gasteiger partial charge in [0.15, 0.2) is 0 Å². The van der Waals surface area contributed by atoms with Crippen molar-refractivity contribution in [2.75, 3.05) is 4.90 Å². The van der Waals surface area contributed by atoms with Crippen LogP contribution in [0.5, 0.6) is 0 Å². The number of thiophene rings is 1. The highest BCUT2D eigenvalue weighted by Crippen LogP contribution is 2.23. The average Bonchev–Trinajstić information content (AvgIpc) is 2.88.